The van der Waals surface area contributed by atoms with Crippen LogP contribution in [0.15, 0.2) is 29.4 Å². The molecule has 1 atom stereocenters. The molecule has 2 aromatic rings. The number of tetrazole rings is 1. The van der Waals surface area contributed by atoms with Gasteiger partial charge in [-0.2, -0.15) is 0 Å². The Morgan fingerprint density at radius 2 is 2.26 bits per heavy atom. The van der Waals surface area contributed by atoms with Crippen molar-refractivity contribution in [2.24, 2.45) is 0 Å². The second kappa shape index (κ2) is 6.99. The average Bonchev–Trinajstić information content (AvgIpc) is 3.31. The van der Waals surface area contributed by atoms with Gasteiger partial charge in [-0.05, 0) is 36.3 Å². The molecule has 0 bridgehead atoms. The normalized spacial score (nSPS) is 15.2. The SMILES string of the molecule is COc1ccccc1C(C)NC(=O)CSc1nnnn1C1CC1. The van der Waals surface area contributed by atoms with Crippen molar-refractivity contribution < 1.29 is 9.53 Å². The fraction of sp³-hybridized carbons (Fsp3) is 0.467. The number of amides is 1. The monoisotopic (exact) mass is 333 g/mol. The van der Waals surface area contributed by atoms with Crippen LogP contribution in [0.2, 0.25) is 0 Å². The highest BCUT2D eigenvalue weighted by Crippen LogP contribution is 2.36. The highest BCUT2D eigenvalue weighted by atomic mass is 32.2. The summed E-state index contributed by atoms with van der Waals surface area (Å²) in [6.45, 7) is 1.94. The standard InChI is InChI=1S/C15H19N5O2S/c1-10(12-5-3-4-6-13(12)22-2)16-14(21)9-23-15-17-18-19-20(15)11-7-8-11/h3-6,10-11H,7-9H2,1-2H3,(H,16,21). The van der Waals surface area contributed by atoms with E-state index in [2.05, 4.69) is 20.8 Å². The van der Waals surface area contributed by atoms with Crippen molar-refractivity contribution in [3.63, 3.8) is 0 Å². The van der Waals surface area contributed by atoms with Gasteiger partial charge in [0.25, 0.3) is 0 Å². The van der Waals surface area contributed by atoms with Gasteiger partial charge in [-0.1, -0.05) is 30.0 Å². The Morgan fingerprint density at radius 3 is 3.00 bits per heavy atom. The number of aromatic nitrogens is 4. The summed E-state index contributed by atoms with van der Waals surface area (Å²) in [7, 11) is 1.63. The van der Waals surface area contributed by atoms with Crippen LogP contribution in [-0.2, 0) is 4.79 Å². The molecule has 0 spiro atoms. The summed E-state index contributed by atoms with van der Waals surface area (Å²) in [6, 6.07) is 7.95. The number of nitrogens with one attached hydrogen (secondary N) is 1. The molecule has 1 amide bonds. The van der Waals surface area contributed by atoms with E-state index in [-0.39, 0.29) is 17.7 Å². The first kappa shape index (κ1) is 15.8. The number of ether oxygens (including phenoxy) is 1. The van der Waals surface area contributed by atoms with E-state index in [1.54, 1.807) is 7.11 Å². The van der Waals surface area contributed by atoms with Crippen LogP contribution in [0.5, 0.6) is 5.75 Å². The third-order valence-electron chi connectivity index (χ3n) is 3.67. The first-order valence-electron chi connectivity index (χ1n) is 7.52. The number of nitrogens with zero attached hydrogens (tertiary/aromatic N) is 4. The third-order valence-corrected chi connectivity index (χ3v) is 4.60. The second-order valence-electron chi connectivity index (χ2n) is 5.46. The molecular weight excluding hydrogens is 314 g/mol. The molecule has 0 saturated heterocycles. The Kier molecular flexibility index (Phi) is 4.80. The minimum atomic E-state index is -0.126. The summed E-state index contributed by atoms with van der Waals surface area (Å²) in [6.07, 6.45) is 2.21. The van der Waals surface area contributed by atoms with Crippen LogP contribution < -0.4 is 10.1 Å². The number of benzene rings is 1. The van der Waals surface area contributed by atoms with E-state index in [0.717, 1.165) is 24.2 Å². The van der Waals surface area contributed by atoms with Gasteiger partial charge in [-0.25, -0.2) is 4.68 Å². The first-order valence-corrected chi connectivity index (χ1v) is 8.50. The number of carbonyl (C=O) groups is 1. The molecule has 1 fully saturated rings. The average molecular weight is 333 g/mol. The molecule has 122 valence electrons. The van der Waals surface area contributed by atoms with Crippen molar-refractivity contribution >= 4 is 17.7 Å². The zero-order valence-electron chi connectivity index (χ0n) is 13.1. The van der Waals surface area contributed by atoms with Crippen molar-refractivity contribution in [2.45, 2.75) is 37.0 Å². The summed E-state index contributed by atoms with van der Waals surface area (Å²) in [5.74, 6) is 0.997. The van der Waals surface area contributed by atoms with Crippen molar-refractivity contribution in [3.8, 4) is 5.75 Å². The van der Waals surface area contributed by atoms with Crippen LogP contribution in [0.1, 0.15) is 37.4 Å². The van der Waals surface area contributed by atoms with Gasteiger partial charge >= 0.3 is 0 Å². The molecule has 1 aromatic carbocycles. The Balaban J connectivity index is 1.55. The van der Waals surface area contributed by atoms with Crippen molar-refractivity contribution in [1.29, 1.82) is 0 Å². The third kappa shape index (κ3) is 3.82. The molecule has 1 N–H and O–H groups in total. The molecule has 1 aromatic heterocycles. The summed E-state index contributed by atoms with van der Waals surface area (Å²) >= 11 is 1.36. The summed E-state index contributed by atoms with van der Waals surface area (Å²) in [5, 5.41) is 15.3. The predicted octanol–water partition coefficient (Wildman–Crippen LogP) is 1.99. The molecule has 1 heterocycles. The lowest BCUT2D eigenvalue weighted by Gasteiger charge is -2.17. The molecule has 1 aliphatic carbocycles. The van der Waals surface area contributed by atoms with Gasteiger partial charge in [0.15, 0.2) is 0 Å². The molecule has 1 aliphatic rings. The van der Waals surface area contributed by atoms with E-state index in [9.17, 15) is 4.79 Å². The molecule has 23 heavy (non-hydrogen) atoms. The highest BCUT2D eigenvalue weighted by molar-refractivity contribution is 7.99. The zero-order valence-corrected chi connectivity index (χ0v) is 13.9. The van der Waals surface area contributed by atoms with E-state index >= 15 is 0 Å². The number of thioether (sulfide) groups is 1. The van der Waals surface area contributed by atoms with Gasteiger partial charge in [0, 0.05) is 5.56 Å². The Hall–Kier alpha value is -2.09. The summed E-state index contributed by atoms with van der Waals surface area (Å²) in [5.41, 5.74) is 0.955. The van der Waals surface area contributed by atoms with Gasteiger partial charge in [-0.3, -0.25) is 4.79 Å². The van der Waals surface area contributed by atoms with Gasteiger partial charge < -0.3 is 10.1 Å². The molecular formula is C15H19N5O2S. The first-order chi connectivity index (χ1) is 11.2. The molecule has 1 saturated carbocycles. The Morgan fingerprint density at radius 1 is 1.48 bits per heavy atom. The number of rotatable bonds is 7. The van der Waals surface area contributed by atoms with E-state index in [1.807, 2.05) is 35.9 Å². The van der Waals surface area contributed by atoms with E-state index < -0.39 is 0 Å². The maximum absolute atomic E-state index is 12.2. The Labute approximate surface area is 138 Å². The van der Waals surface area contributed by atoms with Crippen LogP contribution in [-0.4, -0.2) is 39.0 Å². The molecule has 1 unspecified atom stereocenters. The van der Waals surface area contributed by atoms with Crippen LogP contribution in [0.25, 0.3) is 0 Å². The Bertz CT molecular complexity index is 686. The lowest BCUT2D eigenvalue weighted by atomic mass is 10.1. The lowest BCUT2D eigenvalue weighted by molar-refractivity contribution is -0.119. The number of hydrogen-bond donors (Lipinski definition) is 1. The van der Waals surface area contributed by atoms with Gasteiger partial charge in [-0.15, -0.1) is 5.10 Å². The second-order valence-corrected chi connectivity index (χ2v) is 6.40. The number of para-hydroxylation sites is 1. The number of methoxy groups -OCH3 is 1. The lowest BCUT2D eigenvalue weighted by Crippen LogP contribution is -2.28. The summed E-state index contributed by atoms with van der Waals surface area (Å²) in [4.78, 5) is 12.2. The number of hydrogen-bond acceptors (Lipinski definition) is 6. The molecule has 7 nitrogen and oxygen atoms in total. The minimum Gasteiger partial charge on any atom is -0.496 e. The van der Waals surface area contributed by atoms with Gasteiger partial charge in [0.2, 0.25) is 11.1 Å². The van der Waals surface area contributed by atoms with Crippen molar-refractivity contribution in [2.75, 3.05) is 12.9 Å². The quantitative estimate of drug-likeness (QED) is 0.780. The maximum atomic E-state index is 12.2. The zero-order chi connectivity index (χ0) is 16.2. The fourth-order valence-corrected chi connectivity index (χ4v) is 3.10. The van der Waals surface area contributed by atoms with Crippen molar-refractivity contribution in [1.82, 2.24) is 25.5 Å². The largest absolute Gasteiger partial charge is 0.496 e. The van der Waals surface area contributed by atoms with E-state index in [4.69, 9.17) is 4.74 Å². The highest BCUT2D eigenvalue weighted by Gasteiger charge is 2.28. The van der Waals surface area contributed by atoms with E-state index in [1.165, 1.54) is 11.8 Å². The van der Waals surface area contributed by atoms with Crippen LogP contribution in [0.3, 0.4) is 0 Å². The van der Waals surface area contributed by atoms with Gasteiger partial charge in [0.1, 0.15) is 5.75 Å². The molecule has 3 rings (SSSR count). The minimum absolute atomic E-state index is 0.0567. The van der Waals surface area contributed by atoms with Crippen LogP contribution in [0, 0.1) is 0 Å². The fourth-order valence-electron chi connectivity index (χ4n) is 2.34. The van der Waals surface area contributed by atoms with Crippen LogP contribution >= 0.6 is 11.8 Å². The predicted molar refractivity (Wildman–Crippen MR) is 86.4 cm³/mol. The molecule has 8 heteroatoms. The molecule has 0 radical (unpaired) electrons. The van der Waals surface area contributed by atoms with Crippen molar-refractivity contribution in [3.05, 3.63) is 29.8 Å². The smallest absolute Gasteiger partial charge is 0.230 e. The van der Waals surface area contributed by atoms with Crippen LogP contribution in [0.4, 0.5) is 0 Å². The number of carbonyl (C=O) groups excluding carboxylic acids is 1. The molecule has 0 aliphatic heterocycles. The van der Waals surface area contributed by atoms with E-state index in [0.29, 0.717) is 11.2 Å². The topological polar surface area (TPSA) is 81.9 Å². The maximum Gasteiger partial charge on any atom is 0.230 e. The van der Waals surface area contributed by atoms with Gasteiger partial charge in [0.05, 0.1) is 24.9 Å². The summed E-state index contributed by atoms with van der Waals surface area (Å²) < 4.78 is 7.14.